The molecule has 2 aromatic carbocycles. The van der Waals surface area contributed by atoms with Gasteiger partial charge in [0.2, 0.25) is 0 Å². The van der Waals surface area contributed by atoms with Crippen molar-refractivity contribution < 1.29 is 31.5 Å². The van der Waals surface area contributed by atoms with Crippen molar-refractivity contribution in [2.45, 2.75) is 29.8 Å². The molecule has 0 amide bonds. The van der Waals surface area contributed by atoms with Crippen LogP contribution in [0.1, 0.15) is 40.2 Å². The van der Waals surface area contributed by atoms with E-state index in [0.717, 1.165) is 42.4 Å². The summed E-state index contributed by atoms with van der Waals surface area (Å²) in [5, 5.41) is 9.28. The van der Waals surface area contributed by atoms with Gasteiger partial charge in [0.25, 0.3) is 10.0 Å². The van der Waals surface area contributed by atoms with Gasteiger partial charge in [-0.05, 0) is 60.7 Å². The fraction of sp³-hybridized carbons (Fsp3) is 0.190. The van der Waals surface area contributed by atoms with E-state index in [1.54, 1.807) is 12.1 Å². The second-order valence-electron chi connectivity index (χ2n) is 7.30. The Hall–Kier alpha value is -2.56. The molecule has 3 aromatic rings. The largest absolute Gasteiger partial charge is 0.478 e. The summed E-state index contributed by atoms with van der Waals surface area (Å²) in [6.07, 6.45) is -3.19. The summed E-state index contributed by atoms with van der Waals surface area (Å²) < 4.78 is 69.1. The van der Waals surface area contributed by atoms with E-state index in [2.05, 4.69) is 4.72 Å². The summed E-state index contributed by atoms with van der Waals surface area (Å²) in [6.45, 7) is 0. The molecule has 11 heteroatoms. The first-order valence-electron chi connectivity index (χ1n) is 9.33. The summed E-state index contributed by atoms with van der Waals surface area (Å²) in [5.74, 6) is -1.35. The minimum atomic E-state index is -4.69. The SMILES string of the molecule is O=C(O)c1ccc(C2CC2)c(S(=O)(=O)Nc2cc(C(F)(F)F)ccc2-c2ccc(Cl)s2)c1. The lowest BCUT2D eigenvalue weighted by atomic mass is 10.1. The van der Waals surface area contributed by atoms with Crippen molar-refractivity contribution in [1.82, 2.24) is 0 Å². The third-order valence-corrected chi connectivity index (χ3v) is 7.68. The molecule has 0 bridgehead atoms. The zero-order valence-corrected chi connectivity index (χ0v) is 18.5. The quantitative estimate of drug-likeness (QED) is 0.406. The number of hydrogen-bond donors (Lipinski definition) is 2. The van der Waals surface area contributed by atoms with Crippen LogP contribution in [-0.2, 0) is 16.2 Å². The van der Waals surface area contributed by atoms with Crippen molar-refractivity contribution in [1.29, 1.82) is 0 Å². The highest BCUT2D eigenvalue weighted by molar-refractivity contribution is 7.92. The van der Waals surface area contributed by atoms with E-state index in [0.29, 0.717) is 14.8 Å². The van der Waals surface area contributed by atoms with Crippen LogP contribution >= 0.6 is 22.9 Å². The number of aromatic carboxylic acids is 1. The van der Waals surface area contributed by atoms with Crippen molar-refractivity contribution in [3.63, 3.8) is 0 Å². The van der Waals surface area contributed by atoms with E-state index in [1.165, 1.54) is 18.2 Å². The molecule has 0 aliphatic heterocycles. The average Bonchev–Trinajstić information content (AvgIpc) is 3.47. The number of carboxylic acid groups (broad SMARTS) is 1. The highest BCUT2D eigenvalue weighted by Gasteiger charge is 2.34. The number of anilines is 1. The zero-order chi connectivity index (χ0) is 23.3. The normalized spacial score (nSPS) is 14.4. The van der Waals surface area contributed by atoms with Crippen LogP contribution < -0.4 is 4.72 Å². The smallest absolute Gasteiger partial charge is 0.416 e. The lowest BCUT2D eigenvalue weighted by Gasteiger charge is -2.17. The van der Waals surface area contributed by atoms with Gasteiger partial charge in [-0.1, -0.05) is 23.7 Å². The molecule has 1 aromatic heterocycles. The van der Waals surface area contributed by atoms with Gasteiger partial charge in [-0.25, -0.2) is 13.2 Å². The second kappa shape index (κ2) is 8.09. The van der Waals surface area contributed by atoms with Crippen LogP contribution in [0.2, 0.25) is 4.34 Å². The third kappa shape index (κ3) is 4.62. The fourth-order valence-corrected chi connectivity index (χ4v) is 5.79. The van der Waals surface area contributed by atoms with Crippen LogP contribution in [0.4, 0.5) is 18.9 Å². The first-order valence-corrected chi connectivity index (χ1v) is 12.0. The number of alkyl halides is 3. The first kappa shape index (κ1) is 22.6. The lowest BCUT2D eigenvalue weighted by Crippen LogP contribution is -2.17. The van der Waals surface area contributed by atoms with Gasteiger partial charge in [0.1, 0.15) is 0 Å². The van der Waals surface area contributed by atoms with E-state index in [1.807, 2.05) is 0 Å². The predicted octanol–water partition coefficient (Wildman–Crippen LogP) is 6.46. The second-order valence-corrected chi connectivity index (χ2v) is 10.7. The zero-order valence-electron chi connectivity index (χ0n) is 16.1. The van der Waals surface area contributed by atoms with Crippen molar-refractivity contribution >= 4 is 44.6 Å². The Morgan fingerprint density at radius 2 is 1.81 bits per heavy atom. The summed E-state index contributed by atoms with van der Waals surface area (Å²) >= 11 is 7.04. The lowest BCUT2D eigenvalue weighted by molar-refractivity contribution is -0.137. The maximum atomic E-state index is 13.3. The summed E-state index contributed by atoms with van der Waals surface area (Å²) in [7, 11) is -4.40. The predicted molar refractivity (Wildman–Crippen MR) is 116 cm³/mol. The highest BCUT2D eigenvalue weighted by atomic mass is 35.5. The molecule has 0 saturated heterocycles. The molecule has 1 aliphatic rings. The van der Waals surface area contributed by atoms with Gasteiger partial charge in [0.15, 0.2) is 0 Å². The number of carbonyl (C=O) groups is 1. The minimum Gasteiger partial charge on any atom is -0.478 e. The molecule has 0 atom stereocenters. The van der Waals surface area contributed by atoms with Gasteiger partial charge in [-0.3, -0.25) is 4.72 Å². The number of halogens is 4. The molecule has 0 spiro atoms. The van der Waals surface area contributed by atoms with Crippen molar-refractivity contribution in [2.24, 2.45) is 0 Å². The van der Waals surface area contributed by atoms with E-state index in [4.69, 9.17) is 11.6 Å². The van der Waals surface area contributed by atoms with Crippen molar-refractivity contribution in [2.75, 3.05) is 4.72 Å². The van der Waals surface area contributed by atoms with E-state index in [9.17, 15) is 31.5 Å². The van der Waals surface area contributed by atoms with E-state index < -0.39 is 27.7 Å². The van der Waals surface area contributed by atoms with Crippen LogP contribution in [-0.4, -0.2) is 19.5 Å². The highest BCUT2D eigenvalue weighted by Crippen LogP contribution is 2.44. The maximum Gasteiger partial charge on any atom is 0.416 e. The monoisotopic (exact) mass is 501 g/mol. The Morgan fingerprint density at radius 1 is 1.09 bits per heavy atom. The number of rotatable bonds is 6. The molecule has 4 rings (SSSR count). The molecule has 5 nitrogen and oxygen atoms in total. The molecular weight excluding hydrogens is 487 g/mol. The number of thiophene rings is 1. The molecule has 1 fully saturated rings. The standard InChI is InChI=1S/C21H15ClF3NO4S2/c22-19-8-7-17(31-19)15-6-4-13(21(23,24)25)10-16(15)26-32(29,30)18-9-12(20(27)28)3-5-14(18)11-1-2-11/h3-11,26H,1-2H2,(H,27,28). The Morgan fingerprint density at radius 3 is 2.38 bits per heavy atom. The summed E-state index contributed by atoms with van der Waals surface area (Å²) in [4.78, 5) is 11.6. The molecule has 32 heavy (non-hydrogen) atoms. The number of benzene rings is 2. The molecule has 1 aliphatic carbocycles. The molecular formula is C21H15ClF3NO4S2. The molecule has 0 unspecified atom stereocenters. The van der Waals surface area contributed by atoms with Gasteiger partial charge in [0.05, 0.1) is 26.0 Å². The molecule has 1 heterocycles. The Balaban J connectivity index is 1.84. The van der Waals surface area contributed by atoms with Crippen molar-refractivity contribution in [3.8, 4) is 10.4 Å². The Bertz CT molecular complexity index is 1310. The fourth-order valence-electron chi connectivity index (χ4n) is 3.31. The number of nitrogens with one attached hydrogen (secondary N) is 1. The number of hydrogen-bond acceptors (Lipinski definition) is 4. The average molecular weight is 502 g/mol. The third-order valence-electron chi connectivity index (χ3n) is 5.00. The van der Waals surface area contributed by atoms with Gasteiger partial charge in [0, 0.05) is 10.4 Å². The van der Waals surface area contributed by atoms with Crippen LogP contribution in [0.25, 0.3) is 10.4 Å². The van der Waals surface area contributed by atoms with E-state index in [-0.39, 0.29) is 27.6 Å². The number of sulfonamides is 1. The Kier molecular flexibility index (Phi) is 5.72. The summed E-state index contributed by atoms with van der Waals surface area (Å²) in [6, 6.07) is 9.69. The molecule has 1 saturated carbocycles. The van der Waals surface area contributed by atoms with Crippen LogP contribution in [0.15, 0.2) is 53.4 Å². The maximum absolute atomic E-state index is 13.3. The van der Waals surface area contributed by atoms with Gasteiger partial charge < -0.3 is 5.11 Å². The van der Waals surface area contributed by atoms with Gasteiger partial charge in [-0.2, -0.15) is 13.2 Å². The Labute approximate surface area is 190 Å². The van der Waals surface area contributed by atoms with Crippen LogP contribution in [0, 0.1) is 0 Å². The number of carboxylic acids is 1. The summed E-state index contributed by atoms with van der Waals surface area (Å²) in [5.41, 5.74) is -0.871. The van der Waals surface area contributed by atoms with Crippen molar-refractivity contribution in [3.05, 3.63) is 69.6 Å². The molecule has 2 N–H and O–H groups in total. The van der Waals surface area contributed by atoms with E-state index >= 15 is 0 Å². The first-order chi connectivity index (χ1) is 15.0. The topological polar surface area (TPSA) is 83.5 Å². The van der Waals surface area contributed by atoms with Gasteiger partial charge in [-0.15, -0.1) is 11.3 Å². The molecule has 168 valence electrons. The van der Waals surface area contributed by atoms with Crippen LogP contribution in [0.5, 0.6) is 0 Å². The minimum absolute atomic E-state index is 0.0403. The van der Waals surface area contributed by atoms with Crippen LogP contribution in [0.3, 0.4) is 0 Å². The van der Waals surface area contributed by atoms with Gasteiger partial charge >= 0.3 is 12.1 Å². The molecule has 0 radical (unpaired) electrons.